The number of carbonyl (C=O) groups is 2. The molecule has 190 valence electrons. The molecule has 0 spiro atoms. The molecule has 0 fully saturated rings. The highest BCUT2D eigenvalue weighted by atomic mass is 19.1. The Labute approximate surface area is 212 Å². The van der Waals surface area contributed by atoms with Crippen molar-refractivity contribution in [2.75, 3.05) is 20.3 Å². The zero-order valence-corrected chi connectivity index (χ0v) is 20.9. The fourth-order valence-electron chi connectivity index (χ4n) is 3.75. The van der Waals surface area contributed by atoms with Gasteiger partial charge in [-0.15, -0.1) is 0 Å². The molecule has 3 rings (SSSR count). The van der Waals surface area contributed by atoms with E-state index in [0.29, 0.717) is 23.6 Å². The SMILES string of the molecule is COc1ccccc1OCC(=O)N(Cc1ccccc1F)C(Cc1ccccc1)C(=O)NCC(C)C. The maximum absolute atomic E-state index is 14.6. The number of amides is 2. The molecule has 2 amide bonds. The summed E-state index contributed by atoms with van der Waals surface area (Å²) in [5, 5.41) is 2.94. The number of halogens is 1. The zero-order valence-electron chi connectivity index (χ0n) is 20.9. The van der Waals surface area contributed by atoms with Crippen LogP contribution in [0.15, 0.2) is 78.9 Å². The smallest absolute Gasteiger partial charge is 0.261 e. The number of hydrogen-bond acceptors (Lipinski definition) is 4. The minimum Gasteiger partial charge on any atom is -0.493 e. The molecule has 0 aliphatic rings. The third-order valence-electron chi connectivity index (χ3n) is 5.67. The summed E-state index contributed by atoms with van der Waals surface area (Å²) in [6.45, 7) is 4.04. The van der Waals surface area contributed by atoms with Gasteiger partial charge in [-0.3, -0.25) is 9.59 Å². The van der Waals surface area contributed by atoms with Gasteiger partial charge < -0.3 is 19.7 Å². The van der Waals surface area contributed by atoms with Crippen LogP contribution in [0.3, 0.4) is 0 Å². The summed E-state index contributed by atoms with van der Waals surface area (Å²) in [6.07, 6.45) is 0.277. The fourth-order valence-corrected chi connectivity index (χ4v) is 3.75. The Bertz CT molecular complexity index is 1140. The van der Waals surface area contributed by atoms with E-state index in [9.17, 15) is 14.0 Å². The predicted octanol–water partition coefficient (Wildman–Crippen LogP) is 4.63. The van der Waals surface area contributed by atoms with Gasteiger partial charge in [0, 0.05) is 25.1 Å². The van der Waals surface area contributed by atoms with Crippen molar-refractivity contribution < 1.29 is 23.5 Å². The average molecular weight is 493 g/mol. The second-order valence-electron chi connectivity index (χ2n) is 8.90. The molecule has 0 radical (unpaired) electrons. The molecule has 1 unspecified atom stereocenters. The van der Waals surface area contributed by atoms with Crippen LogP contribution in [0.25, 0.3) is 0 Å². The Balaban J connectivity index is 1.92. The van der Waals surface area contributed by atoms with Crippen LogP contribution < -0.4 is 14.8 Å². The topological polar surface area (TPSA) is 67.9 Å². The molecule has 1 atom stereocenters. The Hall–Kier alpha value is -3.87. The highest BCUT2D eigenvalue weighted by Gasteiger charge is 2.31. The van der Waals surface area contributed by atoms with Crippen LogP contribution in [0.4, 0.5) is 4.39 Å². The molecule has 36 heavy (non-hydrogen) atoms. The van der Waals surface area contributed by atoms with Crippen LogP contribution in [-0.4, -0.2) is 43.0 Å². The lowest BCUT2D eigenvalue weighted by Gasteiger charge is -2.32. The van der Waals surface area contributed by atoms with Gasteiger partial charge in [0.2, 0.25) is 5.91 Å². The number of carbonyl (C=O) groups excluding carboxylic acids is 2. The molecular weight excluding hydrogens is 459 g/mol. The number of para-hydroxylation sites is 2. The van der Waals surface area contributed by atoms with Crippen LogP contribution >= 0.6 is 0 Å². The van der Waals surface area contributed by atoms with Crippen LogP contribution in [0.2, 0.25) is 0 Å². The number of rotatable bonds is 12. The molecule has 0 saturated heterocycles. The summed E-state index contributed by atoms with van der Waals surface area (Å²) in [5.74, 6) is -0.0539. The Morgan fingerprint density at radius 1 is 0.917 bits per heavy atom. The first-order chi connectivity index (χ1) is 17.4. The molecule has 1 N–H and O–H groups in total. The van der Waals surface area contributed by atoms with Crippen molar-refractivity contribution in [2.45, 2.75) is 32.9 Å². The number of hydrogen-bond donors (Lipinski definition) is 1. The lowest BCUT2D eigenvalue weighted by atomic mass is 10.0. The number of methoxy groups -OCH3 is 1. The van der Waals surface area contributed by atoms with Crippen molar-refractivity contribution in [3.05, 3.63) is 95.8 Å². The molecule has 0 aliphatic heterocycles. The van der Waals surface area contributed by atoms with E-state index in [2.05, 4.69) is 5.32 Å². The van der Waals surface area contributed by atoms with Crippen molar-refractivity contribution in [3.8, 4) is 11.5 Å². The standard InChI is InChI=1S/C29H33FN2O4/c1-21(2)18-31-29(34)25(17-22-11-5-4-6-12-22)32(19-23-13-7-8-14-24(23)30)28(33)20-36-27-16-10-9-15-26(27)35-3/h4-16,21,25H,17-20H2,1-3H3,(H,31,34). The Morgan fingerprint density at radius 2 is 1.56 bits per heavy atom. The first kappa shape index (κ1) is 26.7. The molecular formula is C29H33FN2O4. The maximum Gasteiger partial charge on any atom is 0.261 e. The molecule has 0 bridgehead atoms. The van der Waals surface area contributed by atoms with E-state index in [-0.39, 0.29) is 31.4 Å². The van der Waals surface area contributed by atoms with Gasteiger partial charge >= 0.3 is 0 Å². The van der Waals surface area contributed by atoms with Crippen molar-refractivity contribution in [2.24, 2.45) is 5.92 Å². The molecule has 6 nitrogen and oxygen atoms in total. The normalized spacial score (nSPS) is 11.6. The van der Waals surface area contributed by atoms with Crippen LogP contribution in [0, 0.1) is 11.7 Å². The van der Waals surface area contributed by atoms with E-state index in [1.165, 1.54) is 18.1 Å². The molecule has 0 saturated carbocycles. The summed E-state index contributed by atoms with van der Waals surface area (Å²) in [4.78, 5) is 28.4. The molecule has 0 aromatic heterocycles. The quantitative estimate of drug-likeness (QED) is 0.401. The maximum atomic E-state index is 14.6. The van der Waals surface area contributed by atoms with Gasteiger partial charge in [-0.2, -0.15) is 0 Å². The van der Waals surface area contributed by atoms with Crippen LogP contribution in [0.5, 0.6) is 11.5 Å². The molecule has 3 aromatic rings. The summed E-state index contributed by atoms with van der Waals surface area (Å²) in [6, 6.07) is 21.8. The van der Waals surface area contributed by atoms with E-state index in [0.717, 1.165) is 5.56 Å². The first-order valence-corrected chi connectivity index (χ1v) is 12.0. The molecule has 0 aliphatic carbocycles. The van der Waals surface area contributed by atoms with Gasteiger partial charge in [0.15, 0.2) is 18.1 Å². The van der Waals surface area contributed by atoms with Gasteiger partial charge in [0.05, 0.1) is 7.11 Å². The minimum atomic E-state index is -0.862. The predicted molar refractivity (Wildman–Crippen MR) is 137 cm³/mol. The number of nitrogens with zero attached hydrogens (tertiary/aromatic N) is 1. The van der Waals surface area contributed by atoms with E-state index >= 15 is 0 Å². The number of nitrogens with one attached hydrogen (secondary N) is 1. The fraction of sp³-hybridized carbons (Fsp3) is 0.310. The summed E-state index contributed by atoms with van der Waals surface area (Å²) < 4.78 is 25.7. The average Bonchev–Trinajstić information content (AvgIpc) is 2.89. The van der Waals surface area contributed by atoms with Crippen molar-refractivity contribution in [3.63, 3.8) is 0 Å². The highest BCUT2D eigenvalue weighted by molar-refractivity contribution is 5.88. The van der Waals surface area contributed by atoms with Crippen molar-refractivity contribution >= 4 is 11.8 Å². The molecule has 3 aromatic carbocycles. The minimum absolute atomic E-state index is 0.0760. The van der Waals surface area contributed by atoms with E-state index in [1.807, 2.05) is 44.2 Å². The summed E-state index contributed by atoms with van der Waals surface area (Å²) in [7, 11) is 1.52. The number of ether oxygens (including phenoxy) is 2. The monoisotopic (exact) mass is 492 g/mol. The van der Waals surface area contributed by atoms with Gasteiger partial charge in [-0.1, -0.05) is 74.5 Å². The largest absolute Gasteiger partial charge is 0.493 e. The summed E-state index contributed by atoms with van der Waals surface area (Å²) in [5.41, 5.74) is 1.21. The van der Waals surface area contributed by atoms with Gasteiger partial charge in [0.1, 0.15) is 11.9 Å². The Morgan fingerprint density at radius 3 is 2.22 bits per heavy atom. The highest BCUT2D eigenvalue weighted by Crippen LogP contribution is 2.26. The molecule has 0 heterocycles. The van der Waals surface area contributed by atoms with Crippen molar-refractivity contribution in [1.29, 1.82) is 0 Å². The third kappa shape index (κ3) is 7.57. The van der Waals surface area contributed by atoms with E-state index in [1.54, 1.807) is 42.5 Å². The lowest BCUT2D eigenvalue weighted by Crippen LogP contribution is -2.52. The second-order valence-corrected chi connectivity index (χ2v) is 8.90. The zero-order chi connectivity index (χ0) is 25.9. The molecule has 7 heteroatoms. The first-order valence-electron chi connectivity index (χ1n) is 12.0. The van der Waals surface area contributed by atoms with E-state index < -0.39 is 17.8 Å². The van der Waals surface area contributed by atoms with Crippen LogP contribution in [0.1, 0.15) is 25.0 Å². The third-order valence-corrected chi connectivity index (χ3v) is 5.67. The van der Waals surface area contributed by atoms with Crippen molar-refractivity contribution in [1.82, 2.24) is 10.2 Å². The Kier molecular flexibility index (Phi) is 9.86. The van der Waals surface area contributed by atoms with Gasteiger partial charge in [-0.25, -0.2) is 4.39 Å². The van der Waals surface area contributed by atoms with Gasteiger partial charge in [-0.05, 0) is 29.7 Å². The van der Waals surface area contributed by atoms with E-state index in [4.69, 9.17) is 9.47 Å². The van der Waals surface area contributed by atoms with Crippen LogP contribution in [-0.2, 0) is 22.6 Å². The second kappa shape index (κ2) is 13.3. The lowest BCUT2D eigenvalue weighted by molar-refractivity contribution is -0.142. The summed E-state index contributed by atoms with van der Waals surface area (Å²) >= 11 is 0. The number of benzene rings is 3. The van der Waals surface area contributed by atoms with Gasteiger partial charge in [0.25, 0.3) is 5.91 Å².